The highest BCUT2D eigenvalue weighted by Crippen LogP contribution is 2.15. The summed E-state index contributed by atoms with van der Waals surface area (Å²) in [4.78, 5) is 11.0. The Morgan fingerprint density at radius 1 is 1.50 bits per heavy atom. The van der Waals surface area contributed by atoms with E-state index in [1.54, 1.807) is 18.2 Å². The fourth-order valence-corrected chi connectivity index (χ4v) is 0.976. The van der Waals surface area contributed by atoms with E-state index >= 15 is 0 Å². The topological polar surface area (TPSA) is 46.5 Å². The number of halogens is 1. The lowest BCUT2D eigenvalue weighted by atomic mass is 10.2. The van der Waals surface area contributed by atoms with Gasteiger partial charge >= 0.3 is 5.97 Å². The first-order valence-corrected chi connectivity index (χ1v) is 3.66. The van der Waals surface area contributed by atoms with Crippen molar-refractivity contribution in [1.29, 1.82) is 0 Å². The number of esters is 1. The smallest absolute Gasteiger partial charge is 0.341 e. The average molecular weight is 187 g/mol. The normalized spacial score (nSPS) is 9.50. The van der Waals surface area contributed by atoms with E-state index in [4.69, 9.17) is 16.7 Å². The van der Waals surface area contributed by atoms with E-state index in [1.165, 1.54) is 6.07 Å². The SMILES string of the molecule is O=C(OCO)c1ccccc1Cl. The molecule has 0 saturated heterocycles. The van der Waals surface area contributed by atoms with Crippen LogP contribution in [-0.4, -0.2) is 17.9 Å². The van der Waals surface area contributed by atoms with Crippen LogP contribution in [0, 0.1) is 0 Å². The number of hydrogen-bond acceptors (Lipinski definition) is 3. The Balaban J connectivity index is 2.87. The van der Waals surface area contributed by atoms with Gasteiger partial charge in [0.05, 0.1) is 10.6 Å². The van der Waals surface area contributed by atoms with Crippen molar-refractivity contribution in [2.75, 3.05) is 6.79 Å². The lowest BCUT2D eigenvalue weighted by Gasteiger charge is -2.01. The van der Waals surface area contributed by atoms with Crippen molar-refractivity contribution in [2.45, 2.75) is 0 Å². The highest BCUT2D eigenvalue weighted by Gasteiger charge is 2.09. The maximum absolute atomic E-state index is 11.0. The number of benzene rings is 1. The third kappa shape index (κ3) is 1.96. The highest BCUT2D eigenvalue weighted by molar-refractivity contribution is 6.33. The van der Waals surface area contributed by atoms with Crippen LogP contribution in [0.2, 0.25) is 5.02 Å². The Morgan fingerprint density at radius 2 is 2.17 bits per heavy atom. The van der Waals surface area contributed by atoms with Gasteiger partial charge in [-0.25, -0.2) is 4.79 Å². The predicted octanol–water partition coefficient (Wildman–Crippen LogP) is 1.45. The minimum Gasteiger partial charge on any atom is -0.435 e. The third-order valence-corrected chi connectivity index (χ3v) is 1.62. The van der Waals surface area contributed by atoms with Gasteiger partial charge in [-0.2, -0.15) is 0 Å². The molecule has 3 nitrogen and oxygen atoms in total. The summed E-state index contributed by atoms with van der Waals surface area (Å²) < 4.78 is 4.34. The lowest BCUT2D eigenvalue weighted by molar-refractivity contribution is 0.00686. The zero-order valence-corrected chi connectivity index (χ0v) is 6.91. The number of rotatable bonds is 2. The van der Waals surface area contributed by atoms with Crippen LogP contribution in [0.15, 0.2) is 24.3 Å². The molecular formula is C8H7ClO3. The maximum atomic E-state index is 11.0. The average Bonchev–Trinajstić information content (AvgIpc) is 2.05. The number of carbonyl (C=O) groups is 1. The van der Waals surface area contributed by atoms with Crippen molar-refractivity contribution < 1.29 is 14.6 Å². The van der Waals surface area contributed by atoms with E-state index < -0.39 is 12.8 Å². The van der Waals surface area contributed by atoms with Crippen LogP contribution >= 0.6 is 11.6 Å². The minimum atomic E-state index is -0.635. The van der Waals surface area contributed by atoms with Crippen molar-refractivity contribution in [3.63, 3.8) is 0 Å². The molecule has 0 aromatic heterocycles. The fourth-order valence-electron chi connectivity index (χ4n) is 0.763. The summed E-state index contributed by atoms with van der Waals surface area (Å²) in [5.74, 6) is -0.622. The van der Waals surface area contributed by atoms with Crippen molar-refractivity contribution in [3.05, 3.63) is 34.9 Å². The lowest BCUT2D eigenvalue weighted by Crippen LogP contribution is -2.06. The Bertz CT molecular complexity index is 285. The van der Waals surface area contributed by atoms with Crippen LogP contribution in [0.25, 0.3) is 0 Å². The summed E-state index contributed by atoms with van der Waals surface area (Å²) in [7, 11) is 0. The second-order valence-corrected chi connectivity index (χ2v) is 2.45. The van der Waals surface area contributed by atoms with Gasteiger partial charge in [-0.1, -0.05) is 23.7 Å². The van der Waals surface area contributed by atoms with Gasteiger partial charge in [0, 0.05) is 0 Å². The van der Waals surface area contributed by atoms with Crippen LogP contribution in [0.1, 0.15) is 10.4 Å². The van der Waals surface area contributed by atoms with Crippen LogP contribution in [-0.2, 0) is 4.74 Å². The van der Waals surface area contributed by atoms with Gasteiger partial charge < -0.3 is 9.84 Å². The molecule has 0 aliphatic rings. The molecule has 0 aliphatic heterocycles. The van der Waals surface area contributed by atoms with Crippen molar-refractivity contribution in [1.82, 2.24) is 0 Å². The molecule has 4 heteroatoms. The molecule has 1 aromatic carbocycles. The number of carbonyl (C=O) groups excluding carboxylic acids is 1. The van der Waals surface area contributed by atoms with Gasteiger partial charge in [0.15, 0.2) is 6.79 Å². The van der Waals surface area contributed by atoms with E-state index in [0.29, 0.717) is 5.02 Å². The van der Waals surface area contributed by atoms with Crippen molar-refractivity contribution >= 4 is 17.6 Å². The number of aliphatic hydroxyl groups excluding tert-OH is 1. The highest BCUT2D eigenvalue weighted by atomic mass is 35.5. The molecule has 0 fully saturated rings. The summed E-state index contributed by atoms with van der Waals surface area (Å²) >= 11 is 5.67. The quantitative estimate of drug-likeness (QED) is 0.562. The number of ether oxygens (including phenoxy) is 1. The maximum Gasteiger partial charge on any atom is 0.341 e. The first kappa shape index (κ1) is 9.03. The van der Waals surface area contributed by atoms with E-state index in [-0.39, 0.29) is 5.56 Å². The van der Waals surface area contributed by atoms with Crippen LogP contribution in [0.5, 0.6) is 0 Å². The zero-order valence-electron chi connectivity index (χ0n) is 6.16. The molecule has 1 rings (SSSR count). The Labute approximate surface area is 74.5 Å². The molecule has 1 N–H and O–H groups in total. The molecule has 0 bridgehead atoms. The zero-order chi connectivity index (χ0) is 8.97. The van der Waals surface area contributed by atoms with E-state index in [0.717, 1.165) is 0 Å². The molecular weight excluding hydrogens is 180 g/mol. The molecule has 0 aliphatic carbocycles. The first-order valence-electron chi connectivity index (χ1n) is 3.28. The Kier molecular flexibility index (Phi) is 3.08. The Hall–Kier alpha value is -1.06. The van der Waals surface area contributed by atoms with E-state index in [9.17, 15) is 4.79 Å². The summed E-state index contributed by atoms with van der Waals surface area (Å²) in [5, 5.41) is 8.62. The standard InChI is InChI=1S/C8H7ClO3/c9-7-4-2-1-3-6(7)8(11)12-5-10/h1-4,10H,5H2. The molecule has 0 saturated carbocycles. The third-order valence-electron chi connectivity index (χ3n) is 1.29. The summed E-state index contributed by atoms with van der Waals surface area (Å²) in [6.45, 7) is -0.635. The molecule has 64 valence electrons. The van der Waals surface area contributed by atoms with Gasteiger partial charge in [-0.3, -0.25) is 0 Å². The molecule has 12 heavy (non-hydrogen) atoms. The van der Waals surface area contributed by atoms with Gasteiger partial charge in [0.2, 0.25) is 0 Å². The monoisotopic (exact) mass is 186 g/mol. The van der Waals surface area contributed by atoms with Gasteiger partial charge in [-0.15, -0.1) is 0 Å². The first-order chi connectivity index (χ1) is 5.75. The predicted molar refractivity (Wildman–Crippen MR) is 44.0 cm³/mol. The molecule has 0 atom stereocenters. The minimum absolute atomic E-state index is 0.258. The molecule has 0 radical (unpaired) electrons. The number of hydrogen-bond donors (Lipinski definition) is 1. The van der Waals surface area contributed by atoms with Gasteiger partial charge in [-0.05, 0) is 12.1 Å². The van der Waals surface area contributed by atoms with Gasteiger partial charge in [0.1, 0.15) is 0 Å². The summed E-state index contributed by atoms with van der Waals surface area (Å²) in [6.07, 6.45) is 0. The molecule has 0 unspecified atom stereocenters. The second-order valence-electron chi connectivity index (χ2n) is 2.04. The largest absolute Gasteiger partial charge is 0.435 e. The molecule has 0 spiro atoms. The van der Waals surface area contributed by atoms with E-state index in [1.807, 2.05) is 0 Å². The fraction of sp³-hybridized carbons (Fsp3) is 0.125. The summed E-state index contributed by atoms with van der Waals surface area (Å²) in [5.41, 5.74) is 0.258. The van der Waals surface area contributed by atoms with E-state index in [2.05, 4.69) is 4.74 Å². The number of aliphatic hydroxyl groups is 1. The summed E-state index contributed by atoms with van der Waals surface area (Å²) in [6, 6.07) is 6.48. The van der Waals surface area contributed by atoms with Crippen molar-refractivity contribution in [2.24, 2.45) is 0 Å². The molecule has 0 amide bonds. The molecule has 0 heterocycles. The van der Waals surface area contributed by atoms with Crippen LogP contribution in [0.3, 0.4) is 0 Å². The van der Waals surface area contributed by atoms with Crippen LogP contribution < -0.4 is 0 Å². The Morgan fingerprint density at radius 3 is 2.75 bits per heavy atom. The second kappa shape index (κ2) is 4.09. The van der Waals surface area contributed by atoms with Gasteiger partial charge in [0.25, 0.3) is 0 Å². The van der Waals surface area contributed by atoms with Crippen LogP contribution in [0.4, 0.5) is 0 Å². The van der Waals surface area contributed by atoms with Crippen molar-refractivity contribution in [3.8, 4) is 0 Å². The molecule has 1 aromatic rings.